The van der Waals surface area contributed by atoms with Gasteiger partial charge in [0.25, 0.3) is 5.91 Å². The fraction of sp³-hybridized carbons (Fsp3) is 0.306. The predicted octanol–water partition coefficient (Wildman–Crippen LogP) is 6.08. The molecule has 0 saturated carbocycles. The van der Waals surface area contributed by atoms with Crippen LogP contribution in [0.15, 0.2) is 72.8 Å². The molecule has 0 bridgehead atoms. The summed E-state index contributed by atoms with van der Waals surface area (Å²) in [4.78, 5) is 14.6. The van der Waals surface area contributed by atoms with Gasteiger partial charge in [-0.2, -0.15) is 0 Å². The summed E-state index contributed by atoms with van der Waals surface area (Å²) in [5.41, 5.74) is 3.09. The number of ether oxygens (including phenoxy) is 2. The van der Waals surface area contributed by atoms with Crippen molar-refractivity contribution in [1.29, 1.82) is 0 Å². The number of likely N-dealkylation sites (tertiary alicyclic amines) is 1. The molecule has 4 atom stereocenters. The van der Waals surface area contributed by atoms with E-state index in [0.717, 1.165) is 40.8 Å². The van der Waals surface area contributed by atoms with Crippen LogP contribution in [0.25, 0.3) is 11.1 Å². The molecule has 2 saturated heterocycles. The van der Waals surface area contributed by atoms with Crippen molar-refractivity contribution in [3.8, 4) is 11.1 Å². The maximum Gasteiger partial charge on any atom is 0.257 e. The molecule has 7 nitrogen and oxygen atoms in total. The van der Waals surface area contributed by atoms with Crippen molar-refractivity contribution in [1.82, 2.24) is 10.2 Å². The minimum absolute atomic E-state index is 0.0558. The second kappa shape index (κ2) is 14.5. The molecule has 2 aliphatic rings. The molecule has 0 aliphatic carbocycles. The lowest BCUT2D eigenvalue weighted by atomic mass is 9.99. The van der Waals surface area contributed by atoms with E-state index in [2.05, 4.69) is 10.2 Å². The zero-order chi connectivity index (χ0) is 33.9. The number of hydrogen-bond acceptors (Lipinski definition) is 6. The number of rotatable bonds is 9. The van der Waals surface area contributed by atoms with Gasteiger partial charge in [0.05, 0.1) is 24.9 Å². The fourth-order valence-electron chi connectivity index (χ4n) is 6.07. The molecule has 6 rings (SSSR count). The molecule has 2 fully saturated rings. The molecule has 0 radical (unpaired) electrons. The van der Waals surface area contributed by atoms with Crippen LogP contribution in [0.1, 0.15) is 57.8 Å². The van der Waals surface area contributed by atoms with Crippen molar-refractivity contribution in [2.75, 3.05) is 19.6 Å². The number of nitrogens with zero attached hydrogens (tertiary/aromatic N) is 1. The number of aliphatic hydroxyl groups is 2. The largest absolute Gasteiger partial charge is 0.392 e. The normalized spacial score (nSPS) is 21.4. The smallest absolute Gasteiger partial charge is 0.257 e. The van der Waals surface area contributed by atoms with Gasteiger partial charge in [0, 0.05) is 38.2 Å². The molecule has 4 aromatic carbocycles. The minimum atomic E-state index is -2.34. The summed E-state index contributed by atoms with van der Waals surface area (Å²) in [6.45, 7) is 1.74. The van der Waals surface area contributed by atoms with Gasteiger partial charge in [0.2, 0.25) is 5.82 Å². The van der Waals surface area contributed by atoms with E-state index in [1.54, 1.807) is 18.2 Å². The number of amides is 1. The highest BCUT2D eigenvalue weighted by molar-refractivity contribution is 5.94. The van der Waals surface area contributed by atoms with Crippen LogP contribution in [0.4, 0.5) is 22.0 Å². The van der Waals surface area contributed by atoms with Gasteiger partial charge in [0.15, 0.2) is 29.6 Å². The average Bonchev–Trinajstić information content (AvgIpc) is 3.53. The van der Waals surface area contributed by atoms with Crippen LogP contribution in [0.3, 0.4) is 0 Å². The van der Waals surface area contributed by atoms with Gasteiger partial charge in [0.1, 0.15) is 5.56 Å². The lowest BCUT2D eigenvalue weighted by Crippen LogP contribution is -2.38. The summed E-state index contributed by atoms with van der Waals surface area (Å²) in [6.07, 6.45) is -0.0961. The van der Waals surface area contributed by atoms with E-state index in [1.807, 2.05) is 54.6 Å². The third-order valence-corrected chi connectivity index (χ3v) is 8.66. The summed E-state index contributed by atoms with van der Waals surface area (Å²) < 4.78 is 81.5. The number of carbonyl (C=O) groups is 1. The number of carbonyl (C=O) groups excluding carboxylic acids is 1. The Morgan fingerprint density at radius 3 is 2.12 bits per heavy atom. The van der Waals surface area contributed by atoms with Crippen LogP contribution in [0.5, 0.6) is 0 Å². The summed E-state index contributed by atoms with van der Waals surface area (Å²) in [6, 6.07) is 22.0. The van der Waals surface area contributed by atoms with Crippen molar-refractivity contribution < 1.29 is 46.4 Å². The highest BCUT2D eigenvalue weighted by Crippen LogP contribution is 2.39. The SMILES string of the molecule is O=C(NCc1cccc(-c2ccc([C@H]3O[C@@H](CN4CC[C@H](O)C4)C[C@@H](c4ccc(CO)cc4)O3)cc2)c1)c1c(F)c(F)c(F)c(F)c1F. The Hall–Kier alpha value is -4.20. The Labute approximate surface area is 273 Å². The molecule has 48 heavy (non-hydrogen) atoms. The molecular weight excluding hydrogens is 635 g/mol. The molecule has 0 aromatic heterocycles. The maximum atomic E-state index is 14.1. The lowest BCUT2D eigenvalue weighted by Gasteiger charge is -2.37. The van der Waals surface area contributed by atoms with Crippen LogP contribution < -0.4 is 5.32 Å². The molecule has 2 heterocycles. The maximum absolute atomic E-state index is 14.1. The summed E-state index contributed by atoms with van der Waals surface area (Å²) in [5.74, 6) is -12.6. The molecule has 0 spiro atoms. The number of halogens is 5. The highest BCUT2D eigenvalue weighted by atomic mass is 19.2. The van der Waals surface area contributed by atoms with Crippen LogP contribution in [0, 0.1) is 29.1 Å². The Morgan fingerprint density at radius 2 is 1.48 bits per heavy atom. The van der Waals surface area contributed by atoms with E-state index < -0.39 is 46.8 Å². The van der Waals surface area contributed by atoms with Crippen molar-refractivity contribution in [2.24, 2.45) is 0 Å². The van der Waals surface area contributed by atoms with Gasteiger partial charge in [-0.1, -0.05) is 66.7 Å². The second-order valence-corrected chi connectivity index (χ2v) is 12.0. The fourth-order valence-corrected chi connectivity index (χ4v) is 6.07. The van der Waals surface area contributed by atoms with Gasteiger partial charge >= 0.3 is 0 Å². The first-order valence-corrected chi connectivity index (χ1v) is 15.5. The number of β-amino-alcohol motifs (C(OH)–C–C–N with tert-alkyl or cyclic N) is 1. The summed E-state index contributed by atoms with van der Waals surface area (Å²) in [5, 5.41) is 21.7. The molecule has 12 heteroatoms. The van der Waals surface area contributed by atoms with Crippen molar-refractivity contribution >= 4 is 5.91 Å². The van der Waals surface area contributed by atoms with Crippen LogP contribution in [-0.4, -0.2) is 52.9 Å². The lowest BCUT2D eigenvalue weighted by molar-refractivity contribution is -0.252. The van der Waals surface area contributed by atoms with Crippen molar-refractivity contribution in [2.45, 2.75) is 50.6 Å². The van der Waals surface area contributed by atoms with E-state index in [9.17, 15) is 37.0 Å². The number of aliphatic hydroxyl groups excluding tert-OH is 2. The van der Waals surface area contributed by atoms with E-state index in [-0.39, 0.29) is 31.5 Å². The summed E-state index contributed by atoms with van der Waals surface area (Å²) in [7, 11) is 0. The first-order valence-electron chi connectivity index (χ1n) is 15.5. The standard InChI is InChI=1S/C36H33F5N2O5/c37-30-29(31(38)33(40)34(41)32(30)39)35(46)42-16-21-2-1-3-25(14-21)22-8-10-24(11-9-22)36-47-27(18-43-13-12-26(45)17-43)15-28(48-36)23-6-4-20(19-44)5-7-23/h1-11,14,26-28,36,44-45H,12-13,15-19H2,(H,42,46)/t26-,27+,28-,36-/m0/s1. The minimum Gasteiger partial charge on any atom is -0.392 e. The highest BCUT2D eigenvalue weighted by Gasteiger charge is 2.34. The monoisotopic (exact) mass is 668 g/mol. The topological polar surface area (TPSA) is 91.3 Å². The third-order valence-electron chi connectivity index (χ3n) is 8.66. The zero-order valence-corrected chi connectivity index (χ0v) is 25.6. The summed E-state index contributed by atoms with van der Waals surface area (Å²) >= 11 is 0. The number of benzene rings is 4. The van der Waals surface area contributed by atoms with Crippen molar-refractivity contribution in [3.63, 3.8) is 0 Å². The molecule has 4 aromatic rings. The Kier molecular flexibility index (Phi) is 10.2. The molecular formula is C36H33F5N2O5. The molecule has 1 amide bonds. The van der Waals surface area contributed by atoms with Crippen LogP contribution in [0.2, 0.25) is 0 Å². The van der Waals surface area contributed by atoms with Crippen LogP contribution in [-0.2, 0) is 22.6 Å². The van der Waals surface area contributed by atoms with Gasteiger partial charge in [-0.15, -0.1) is 0 Å². The quantitative estimate of drug-likeness (QED) is 0.114. The Balaban J connectivity index is 1.16. The molecule has 2 aliphatic heterocycles. The van der Waals surface area contributed by atoms with Crippen LogP contribution >= 0.6 is 0 Å². The molecule has 3 N–H and O–H groups in total. The van der Waals surface area contributed by atoms with E-state index in [1.165, 1.54) is 0 Å². The number of hydrogen-bond donors (Lipinski definition) is 3. The second-order valence-electron chi connectivity index (χ2n) is 12.0. The van der Waals surface area contributed by atoms with Gasteiger partial charge < -0.3 is 25.0 Å². The van der Waals surface area contributed by atoms with E-state index >= 15 is 0 Å². The van der Waals surface area contributed by atoms with Gasteiger partial charge in [-0.05, 0) is 40.3 Å². The Bertz CT molecular complexity index is 1740. The Morgan fingerprint density at radius 1 is 0.812 bits per heavy atom. The molecule has 252 valence electrons. The van der Waals surface area contributed by atoms with Gasteiger partial charge in [-0.25, -0.2) is 22.0 Å². The first kappa shape index (κ1) is 33.7. The van der Waals surface area contributed by atoms with E-state index in [0.29, 0.717) is 25.1 Å². The van der Waals surface area contributed by atoms with Crippen molar-refractivity contribution in [3.05, 3.63) is 130 Å². The third kappa shape index (κ3) is 7.27. The zero-order valence-electron chi connectivity index (χ0n) is 25.6. The predicted molar refractivity (Wildman–Crippen MR) is 165 cm³/mol. The van der Waals surface area contributed by atoms with Gasteiger partial charge in [-0.3, -0.25) is 9.69 Å². The average molecular weight is 669 g/mol. The molecule has 0 unspecified atom stereocenters. The first-order chi connectivity index (χ1) is 23.1. The van der Waals surface area contributed by atoms with E-state index in [4.69, 9.17) is 9.47 Å². The number of nitrogens with one attached hydrogen (secondary N) is 1.